The van der Waals surface area contributed by atoms with Crippen molar-refractivity contribution in [3.8, 4) is 11.6 Å². The quantitative estimate of drug-likeness (QED) is 0.244. The van der Waals surface area contributed by atoms with E-state index in [0.717, 1.165) is 0 Å². The molecule has 1 N–H and O–H groups in total. The highest BCUT2D eigenvalue weighted by atomic mass is 32.2. The number of aromatic nitrogens is 2. The molecule has 0 bridgehead atoms. The lowest BCUT2D eigenvalue weighted by Crippen LogP contribution is -2.31. The monoisotopic (exact) mass is 528 g/mol. The summed E-state index contributed by atoms with van der Waals surface area (Å²) in [5.74, 6) is -2.58. The SMILES string of the molecule is CC1=C(CCC(=O)OCCOc2no[n+]([O-])c2S(=O)(=O)c2ccccc2)C(=O)c2c(O)cccc2C1=O. The third kappa shape index (κ3) is 4.93. The number of nitrogens with zero attached hydrogens (tertiary/aromatic N) is 2. The van der Waals surface area contributed by atoms with E-state index in [0.29, 0.717) is 0 Å². The van der Waals surface area contributed by atoms with E-state index in [1.165, 1.54) is 49.4 Å². The molecule has 1 aromatic heterocycles. The first-order valence-electron chi connectivity index (χ1n) is 10.9. The van der Waals surface area contributed by atoms with Crippen LogP contribution in [0, 0.1) is 5.21 Å². The Kier molecular flexibility index (Phi) is 7.07. The summed E-state index contributed by atoms with van der Waals surface area (Å²) in [7, 11) is -4.29. The average molecular weight is 528 g/mol. The van der Waals surface area contributed by atoms with Crippen LogP contribution in [0.5, 0.6) is 11.6 Å². The van der Waals surface area contributed by atoms with Crippen LogP contribution in [-0.4, -0.2) is 49.4 Å². The zero-order valence-electron chi connectivity index (χ0n) is 19.4. The van der Waals surface area contributed by atoms with Gasteiger partial charge in [-0.25, -0.2) is 8.42 Å². The molecule has 192 valence electrons. The number of phenols is 1. The Balaban J connectivity index is 1.33. The van der Waals surface area contributed by atoms with Gasteiger partial charge in [-0.05, 0) is 36.4 Å². The van der Waals surface area contributed by atoms with Gasteiger partial charge in [0.2, 0.25) is 0 Å². The van der Waals surface area contributed by atoms with Crippen LogP contribution >= 0.6 is 0 Å². The summed E-state index contributed by atoms with van der Waals surface area (Å²) in [6, 6.07) is 11.3. The molecule has 0 radical (unpaired) electrons. The molecule has 0 amide bonds. The van der Waals surface area contributed by atoms with Gasteiger partial charge in [-0.3, -0.25) is 19.0 Å². The highest BCUT2D eigenvalue weighted by Crippen LogP contribution is 2.33. The predicted octanol–water partition coefficient (Wildman–Crippen LogP) is 1.94. The van der Waals surface area contributed by atoms with Gasteiger partial charge in [0.1, 0.15) is 19.0 Å². The highest BCUT2D eigenvalue weighted by Gasteiger charge is 2.36. The smallest absolute Gasteiger partial charge is 0.415 e. The molecule has 0 aliphatic heterocycles. The molecule has 0 saturated carbocycles. The van der Waals surface area contributed by atoms with Crippen LogP contribution in [0.15, 0.2) is 74.2 Å². The molecule has 37 heavy (non-hydrogen) atoms. The summed E-state index contributed by atoms with van der Waals surface area (Å²) in [6.07, 6.45) is -0.338. The zero-order chi connectivity index (χ0) is 26.7. The van der Waals surface area contributed by atoms with Gasteiger partial charge in [0.15, 0.2) is 11.6 Å². The number of carbonyl (C=O) groups excluding carboxylic acids is 3. The number of ketones is 2. The number of sulfone groups is 1. The number of rotatable bonds is 9. The van der Waals surface area contributed by atoms with Gasteiger partial charge in [-0.1, -0.05) is 30.3 Å². The number of Topliss-reactive ketones (excluding diaryl/α,β-unsaturated/α-hetero) is 2. The van der Waals surface area contributed by atoms with Crippen molar-refractivity contribution < 1.29 is 46.9 Å². The normalized spacial score (nSPS) is 13.4. The van der Waals surface area contributed by atoms with E-state index >= 15 is 0 Å². The predicted molar refractivity (Wildman–Crippen MR) is 123 cm³/mol. The topological polar surface area (TPSA) is 177 Å². The number of fused-ring (bicyclic) bond motifs is 1. The molecule has 4 rings (SSSR count). The van der Waals surface area contributed by atoms with Crippen molar-refractivity contribution in [2.45, 2.75) is 29.7 Å². The first kappa shape index (κ1) is 25.6. The van der Waals surface area contributed by atoms with Crippen molar-refractivity contribution in [1.29, 1.82) is 0 Å². The van der Waals surface area contributed by atoms with Gasteiger partial charge in [0.05, 0.1) is 15.6 Å². The van der Waals surface area contributed by atoms with Crippen molar-refractivity contribution in [1.82, 2.24) is 5.16 Å². The first-order valence-corrected chi connectivity index (χ1v) is 12.4. The Morgan fingerprint density at radius 1 is 1.08 bits per heavy atom. The van der Waals surface area contributed by atoms with Gasteiger partial charge in [0, 0.05) is 23.1 Å². The van der Waals surface area contributed by atoms with E-state index in [1.807, 2.05) is 0 Å². The van der Waals surface area contributed by atoms with E-state index in [1.54, 1.807) is 6.07 Å². The Labute approximate surface area is 210 Å². The minimum atomic E-state index is -4.29. The molecule has 0 unspecified atom stereocenters. The number of ether oxygens (including phenoxy) is 2. The average Bonchev–Trinajstić information content (AvgIpc) is 3.26. The molecule has 1 heterocycles. The summed E-state index contributed by atoms with van der Waals surface area (Å²) in [5, 5.41) is 24.4. The number of hydrogen-bond acceptors (Lipinski definition) is 11. The molecular weight excluding hydrogens is 508 g/mol. The minimum absolute atomic E-state index is 0.0944. The van der Waals surface area contributed by atoms with Crippen molar-refractivity contribution in [3.05, 3.63) is 76.0 Å². The maximum Gasteiger partial charge on any atom is 0.415 e. The minimum Gasteiger partial charge on any atom is -0.507 e. The molecule has 1 aliphatic carbocycles. The number of phenolic OH excluding ortho intramolecular Hbond substituents is 1. The number of esters is 1. The second-order valence-electron chi connectivity index (χ2n) is 7.89. The number of allylic oxidation sites excluding steroid dienone is 2. The van der Waals surface area contributed by atoms with Crippen LogP contribution in [0.4, 0.5) is 0 Å². The maximum absolute atomic E-state index is 12.8. The van der Waals surface area contributed by atoms with Crippen LogP contribution in [0.25, 0.3) is 0 Å². The van der Waals surface area contributed by atoms with Crippen molar-refractivity contribution in [2.75, 3.05) is 13.2 Å². The molecule has 12 nitrogen and oxygen atoms in total. The standard InChI is InChI=1S/C24H20N2O10S/c1-14-16(22(30)20-17(21(14)29)8-5-9-18(20)27)10-11-19(28)34-12-13-35-23-24(26(31)36-25-23)37(32,33)15-6-3-2-4-7-15/h2-9,27H,10-13H2,1H3. The van der Waals surface area contributed by atoms with Gasteiger partial charge in [0.25, 0.3) is 9.84 Å². The number of carbonyl (C=O) groups is 3. The third-order valence-corrected chi connectivity index (χ3v) is 7.33. The Bertz CT molecular complexity index is 1520. The maximum atomic E-state index is 12.8. The van der Waals surface area contributed by atoms with Gasteiger partial charge >= 0.3 is 16.9 Å². The second kappa shape index (κ2) is 10.2. The van der Waals surface area contributed by atoms with Crippen LogP contribution in [0.2, 0.25) is 0 Å². The Hall–Kier alpha value is -4.52. The van der Waals surface area contributed by atoms with Crippen LogP contribution in [-0.2, 0) is 19.4 Å². The van der Waals surface area contributed by atoms with Crippen LogP contribution in [0.3, 0.4) is 0 Å². The van der Waals surface area contributed by atoms with E-state index in [-0.39, 0.29) is 63.9 Å². The number of aromatic hydroxyl groups is 1. The summed E-state index contributed by atoms with van der Waals surface area (Å²) >= 11 is 0. The largest absolute Gasteiger partial charge is 0.507 e. The molecule has 3 aromatic rings. The first-order chi connectivity index (χ1) is 17.6. The third-order valence-electron chi connectivity index (χ3n) is 5.60. The molecule has 0 saturated heterocycles. The fraction of sp³-hybridized carbons (Fsp3) is 0.208. The van der Waals surface area contributed by atoms with E-state index in [9.17, 15) is 33.1 Å². The summed E-state index contributed by atoms with van der Waals surface area (Å²) < 4.78 is 40.1. The lowest BCUT2D eigenvalue weighted by atomic mass is 9.82. The Morgan fingerprint density at radius 2 is 1.81 bits per heavy atom. The second-order valence-corrected chi connectivity index (χ2v) is 9.75. The van der Waals surface area contributed by atoms with Crippen molar-refractivity contribution in [3.63, 3.8) is 0 Å². The number of hydrogen-bond donors (Lipinski definition) is 1. The van der Waals surface area contributed by atoms with Crippen molar-refractivity contribution >= 4 is 27.4 Å². The zero-order valence-corrected chi connectivity index (χ0v) is 20.2. The Morgan fingerprint density at radius 3 is 2.54 bits per heavy atom. The molecule has 0 atom stereocenters. The van der Waals surface area contributed by atoms with Crippen LogP contribution in [0.1, 0.15) is 40.5 Å². The highest BCUT2D eigenvalue weighted by molar-refractivity contribution is 7.91. The van der Waals surface area contributed by atoms with Gasteiger partial charge < -0.3 is 19.8 Å². The van der Waals surface area contributed by atoms with Gasteiger partial charge in [-0.15, -0.1) is 0 Å². The summed E-state index contributed by atoms with van der Waals surface area (Å²) in [6.45, 7) is 0.795. The van der Waals surface area contributed by atoms with E-state index in [4.69, 9.17) is 9.47 Å². The molecule has 1 aliphatic rings. The fourth-order valence-corrected chi connectivity index (χ4v) is 5.06. The lowest BCUT2D eigenvalue weighted by Gasteiger charge is -2.19. The molecule has 2 aromatic carbocycles. The van der Waals surface area contributed by atoms with Crippen molar-refractivity contribution in [2.24, 2.45) is 0 Å². The number of benzene rings is 2. The summed E-state index contributed by atoms with van der Waals surface area (Å²) in [5.41, 5.74) is 0.292. The molecule has 0 fully saturated rings. The molecular formula is C24H20N2O10S. The van der Waals surface area contributed by atoms with Crippen LogP contribution < -0.4 is 9.64 Å². The lowest BCUT2D eigenvalue weighted by molar-refractivity contribution is -0.832. The summed E-state index contributed by atoms with van der Waals surface area (Å²) in [4.78, 5) is 37.1. The van der Waals surface area contributed by atoms with Gasteiger partial charge in [-0.2, -0.15) is 0 Å². The van der Waals surface area contributed by atoms with E-state index < -0.39 is 38.3 Å². The fourth-order valence-electron chi connectivity index (χ4n) is 3.76. The molecule has 13 heteroatoms. The molecule has 0 spiro atoms. The van der Waals surface area contributed by atoms with E-state index in [2.05, 4.69) is 9.79 Å².